The molecule has 1 heterocycles. The third-order valence-electron chi connectivity index (χ3n) is 5.34. The highest BCUT2D eigenvalue weighted by Crippen LogP contribution is 2.38. The molecule has 0 unspecified atom stereocenters. The molecule has 0 spiro atoms. The quantitative estimate of drug-likeness (QED) is 0.312. The van der Waals surface area contributed by atoms with Gasteiger partial charge in [0.1, 0.15) is 6.33 Å². The van der Waals surface area contributed by atoms with E-state index in [0.717, 1.165) is 23.7 Å². The maximum Gasteiger partial charge on any atom is 0.284 e. The van der Waals surface area contributed by atoms with E-state index in [0.29, 0.717) is 15.7 Å². The maximum absolute atomic E-state index is 12.8. The zero-order valence-corrected chi connectivity index (χ0v) is 17.8. The van der Waals surface area contributed by atoms with Gasteiger partial charge in [0.05, 0.1) is 9.82 Å². The van der Waals surface area contributed by atoms with E-state index in [1.54, 1.807) is 23.7 Å². The van der Waals surface area contributed by atoms with Crippen molar-refractivity contribution in [1.29, 1.82) is 0 Å². The highest BCUT2D eigenvalue weighted by Gasteiger charge is 2.21. The Balaban J connectivity index is 1.38. The second-order valence-electron chi connectivity index (χ2n) is 7.43. The second-order valence-corrected chi connectivity index (χ2v) is 8.44. The highest BCUT2D eigenvalue weighted by molar-refractivity contribution is 7.99. The third kappa shape index (κ3) is 3.63. The number of nitro groups is 1. The summed E-state index contributed by atoms with van der Waals surface area (Å²) in [5.41, 5.74) is 5.49. The molecule has 1 aromatic heterocycles. The number of rotatable bonds is 5. The van der Waals surface area contributed by atoms with E-state index < -0.39 is 10.8 Å². The first-order chi connectivity index (χ1) is 15.5. The zero-order chi connectivity index (χ0) is 22.2. The van der Waals surface area contributed by atoms with Gasteiger partial charge in [0.25, 0.3) is 11.6 Å². The lowest BCUT2D eigenvalue weighted by atomic mass is 10.1. The van der Waals surface area contributed by atoms with E-state index in [-0.39, 0.29) is 11.3 Å². The van der Waals surface area contributed by atoms with E-state index in [1.165, 1.54) is 29.1 Å². The number of aromatic nitrogens is 3. The zero-order valence-electron chi connectivity index (χ0n) is 17.0. The molecule has 0 saturated carbocycles. The van der Waals surface area contributed by atoms with Crippen LogP contribution >= 0.6 is 11.8 Å². The van der Waals surface area contributed by atoms with Crippen LogP contribution in [0.3, 0.4) is 0 Å². The fourth-order valence-electron chi connectivity index (χ4n) is 3.78. The van der Waals surface area contributed by atoms with Gasteiger partial charge in [-0.25, -0.2) is 0 Å². The Bertz CT molecular complexity index is 1380. The van der Waals surface area contributed by atoms with Gasteiger partial charge in [0.15, 0.2) is 5.16 Å². The molecule has 3 aromatic carbocycles. The van der Waals surface area contributed by atoms with Gasteiger partial charge in [-0.2, -0.15) is 0 Å². The molecule has 0 aliphatic heterocycles. The molecule has 0 saturated heterocycles. The van der Waals surface area contributed by atoms with Crippen molar-refractivity contribution in [1.82, 2.24) is 14.8 Å². The lowest BCUT2D eigenvalue weighted by Crippen LogP contribution is -2.12. The molecule has 1 aliphatic carbocycles. The molecule has 32 heavy (non-hydrogen) atoms. The number of nitrogens with one attached hydrogen (secondary N) is 1. The number of anilines is 1. The average molecular weight is 443 g/mol. The average Bonchev–Trinajstić information content (AvgIpc) is 3.36. The molecule has 5 rings (SSSR count). The largest absolute Gasteiger partial charge is 0.322 e. The van der Waals surface area contributed by atoms with Crippen LogP contribution in [0.2, 0.25) is 0 Å². The van der Waals surface area contributed by atoms with Gasteiger partial charge in [-0.3, -0.25) is 14.9 Å². The summed E-state index contributed by atoms with van der Waals surface area (Å²) < 4.78 is 1.67. The predicted octanol–water partition coefficient (Wildman–Crippen LogP) is 4.70. The molecule has 9 heteroatoms. The minimum Gasteiger partial charge on any atom is -0.322 e. The van der Waals surface area contributed by atoms with Crippen LogP contribution in [-0.2, 0) is 13.5 Å². The topological polar surface area (TPSA) is 103 Å². The van der Waals surface area contributed by atoms with Gasteiger partial charge in [-0.1, -0.05) is 30.3 Å². The molecule has 4 aromatic rings. The number of benzene rings is 3. The van der Waals surface area contributed by atoms with Crippen molar-refractivity contribution in [3.8, 4) is 11.1 Å². The Kier molecular flexibility index (Phi) is 4.95. The normalized spacial score (nSPS) is 11.7. The molecule has 1 aliphatic rings. The van der Waals surface area contributed by atoms with Crippen molar-refractivity contribution in [3.63, 3.8) is 0 Å². The van der Waals surface area contributed by atoms with E-state index in [2.05, 4.69) is 27.6 Å². The predicted molar refractivity (Wildman–Crippen MR) is 121 cm³/mol. The molecule has 0 fully saturated rings. The number of hydrogen-bond donors (Lipinski definition) is 1. The van der Waals surface area contributed by atoms with Gasteiger partial charge in [-0.15, -0.1) is 10.2 Å². The van der Waals surface area contributed by atoms with Crippen molar-refractivity contribution in [2.45, 2.75) is 16.5 Å². The van der Waals surface area contributed by atoms with Crippen molar-refractivity contribution in [2.75, 3.05) is 5.32 Å². The first-order valence-corrected chi connectivity index (χ1v) is 10.6. The Hall–Kier alpha value is -3.98. The van der Waals surface area contributed by atoms with Gasteiger partial charge in [0.2, 0.25) is 0 Å². The number of nitro benzene ring substituents is 1. The smallest absolute Gasteiger partial charge is 0.284 e. The fraction of sp³-hybridized carbons (Fsp3) is 0.0870. The van der Waals surface area contributed by atoms with Gasteiger partial charge in [0, 0.05) is 24.4 Å². The summed E-state index contributed by atoms with van der Waals surface area (Å²) in [6.07, 6.45) is 2.33. The summed E-state index contributed by atoms with van der Waals surface area (Å²) >= 11 is 1.12. The van der Waals surface area contributed by atoms with Crippen LogP contribution in [0.5, 0.6) is 0 Å². The number of carbonyl (C=O) groups excluding carboxylic acids is 1. The van der Waals surface area contributed by atoms with Gasteiger partial charge >= 0.3 is 0 Å². The summed E-state index contributed by atoms with van der Waals surface area (Å²) in [6, 6.07) is 18.5. The van der Waals surface area contributed by atoms with Crippen molar-refractivity contribution in [2.24, 2.45) is 7.05 Å². The first kappa shape index (κ1) is 20.0. The first-order valence-electron chi connectivity index (χ1n) is 9.82. The molecule has 0 radical (unpaired) electrons. The summed E-state index contributed by atoms with van der Waals surface area (Å²) in [6.45, 7) is 0. The van der Waals surface area contributed by atoms with E-state index in [4.69, 9.17) is 0 Å². The molecule has 0 atom stereocenters. The number of fused-ring (bicyclic) bond motifs is 3. The van der Waals surface area contributed by atoms with Crippen molar-refractivity contribution in [3.05, 3.63) is 93.8 Å². The summed E-state index contributed by atoms with van der Waals surface area (Å²) in [5, 5.41) is 22.7. The Labute approximate surface area is 187 Å². The van der Waals surface area contributed by atoms with Crippen molar-refractivity contribution >= 4 is 29.0 Å². The number of carbonyl (C=O) groups is 1. The Morgan fingerprint density at radius 1 is 1.09 bits per heavy atom. The van der Waals surface area contributed by atoms with Gasteiger partial charge < -0.3 is 9.88 Å². The van der Waals surface area contributed by atoms with Crippen LogP contribution in [0.1, 0.15) is 21.5 Å². The summed E-state index contributed by atoms with van der Waals surface area (Å²) in [4.78, 5) is 24.3. The van der Waals surface area contributed by atoms with E-state index in [1.807, 2.05) is 30.3 Å². The molecular formula is C23H17N5O3S. The Morgan fingerprint density at radius 2 is 1.91 bits per heavy atom. The van der Waals surface area contributed by atoms with Crippen LogP contribution < -0.4 is 5.32 Å². The summed E-state index contributed by atoms with van der Waals surface area (Å²) in [5.74, 6) is -0.404. The number of amides is 1. The minimum absolute atomic E-state index is 0.157. The molecule has 1 N–H and O–H groups in total. The maximum atomic E-state index is 12.8. The second kappa shape index (κ2) is 7.93. The molecule has 8 nitrogen and oxygen atoms in total. The standard InChI is InChI=1S/C23H17N5O3S/c1-27-13-24-26-23(27)32-21-9-6-15(12-20(21)28(30)31)22(29)25-17-7-8-19-16(11-17)10-14-4-2-3-5-18(14)19/h2-9,11-13H,10H2,1H3,(H,25,29). The molecule has 1 amide bonds. The van der Waals surface area contributed by atoms with Crippen LogP contribution in [0.15, 0.2) is 77.0 Å². The van der Waals surface area contributed by atoms with Crippen LogP contribution in [0.25, 0.3) is 11.1 Å². The van der Waals surface area contributed by atoms with Crippen LogP contribution in [0, 0.1) is 10.1 Å². The fourth-order valence-corrected chi connectivity index (χ4v) is 4.63. The van der Waals surface area contributed by atoms with Gasteiger partial charge in [-0.05, 0) is 64.7 Å². The number of hydrogen-bond acceptors (Lipinski definition) is 6. The molecule has 0 bridgehead atoms. The van der Waals surface area contributed by atoms with E-state index >= 15 is 0 Å². The van der Waals surface area contributed by atoms with Crippen LogP contribution in [0.4, 0.5) is 11.4 Å². The van der Waals surface area contributed by atoms with Crippen molar-refractivity contribution < 1.29 is 9.72 Å². The van der Waals surface area contributed by atoms with Crippen LogP contribution in [-0.4, -0.2) is 25.6 Å². The molecular weight excluding hydrogens is 426 g/mol. The Morgan fingerprint density at radius 3 is 2.69 bits per heavy atom. The number of aryl methyl sites for hydroxylation is 1. The lowest BCUT2D eigenvalue weighted by molar-refractivity contribution is -0.387. The minimum atomic E-state index is -0.498. The SMILES string of the molecule is Cn1cnnc1Sc1ccc(C(=O)Nc2ccc3c(c2)Cc2ccccc2-3)cc1[N+](=O)[O-]. The molecule has 158 valence electrons. The lowest BCUT2D eigenvalue weighted by Gasteiger charge is -2.09. The third-order valence-corrected chi connectivity index (χ3v) is 6.46. The monoisotopic (exact) mass is 443 g/mol. The number of nitrogens with zero attached hydrogens (tertiary/aromatic N) is 4. The van der Waals surface area contributed by atoms with E-state index in [9.17, 15) is 14.9 Å². The summed E-state index contributed by atoms with van der Waals surface area (Å²) in [7, 11) is 1.76. The highest BCUT2D eigenvalue weighted by atomic mass is 32.2.